The van der Waals surface area contributed by atoms with Crippen LogP contribution < -0.4 is 0 Å². The van der Waals surface area contributed by atoms with Gasteiger partial charge < -0.3 is 0 Å². The molecule has 0 aliphatic heterocycles. The Labute approximate surface area is 128 Å². The average molecular weight is 287 g/mol. The van der Waals surface area contributed by atoms with Gasteiger partial charge in [-0.25, -0.2) is 0 Å². The first kappa shape index (κ1) is 21.5. The van der Waals surface area contributed by atoms with Gasteiger partial charge in [-0.1, -0.05) is 117 Å². The fraction of sp³-hybridized carbons (Fsp3) is 1.00. The SMILES string of the molecule is CCCCCCCCCCCCCCCCCC.[SiH4]. The summed E-state index contributed by atoms with van der Waals surface area (Å²) in [6, 6.07) is 0. The quantitative estimate of drug-likeness (QED) is 0.263. The summed E-state index contributed by atoms with van der Waals surface area (Å²) in [5.74, 6) is 0. The third-order valence-corrected chi connectivity index (χ3v) is 3.96. The maximum absolute atomic E-state index is 2.29. The Morgan fingerprint density at radius 1 is 0.316 bits per heavy atom. The molecule has 0 saturated carbocycles. The number of rotatable bonds is 15. The van der Waals surface area contributed by atoms with Crippen molar-refractivity contribution in [2.45, 2.75) is 117 Å². The molecule has 0 aliphatic rings. The van der Waals surface area contributed by atoms with Crippen molar-refractivity contribution in [1.29, 1.82) is 0 Å². The summed E-state index contributed by atoms with van der Waals surface area (Å²) in [5.41, 5.74) is 0. The molecule has 0 fully saturated rings. The highest BCUT2D eigenvalue weighted by atomic mass is 28.1. The van der Waals surface area contributed by atoms with Crippen LogP contribution >= 0.6 is 0 Å². The molecule has 0 aromatic carbocycles. The highest BCUT2D eigenvalue weighted by Gasteiger charge is 1.93. The monoisotopic (exact) mass is 286 g/mol. The van der Waals surface area contributed by atoms with Crippen LogP contribution in [0.15, 0.2) is 0 Å². The van der Waals surface area contributed by atoms with E-state index in [1.165, 1.54) is 103 Å². The predicted molar refractivity (Wildman–Crippen MR) is 96.6 cm³/mol. The zero-order valence-electron chi connectivity index (χ0n) is 13.3. The first-order valence-electron chi connectivity index (χ1n) is 8.91. The van der Waals surface area contributed by atoms with Crippen LogP contribution in [0.2, 0.25) is 0 Å². The van der Waals surface area contributed by atoms with Crippen LogP contribution in [0.5, 0.6) is 0 Å². The van der Waals surface area contributed by atoms with Crippen molar-refractivity contribution in [2.24, 2.45) is 0 Å². The minimum atomic E-state index is 0. The molecule has 0 aromatic rings. The molecule has 0 nitrogen and oxygen atoms in total. The molecule has 0 bridgehead atoms. The third kappa shape index (κ3) is 20.7. The van der Waals surface area contributed by atoms with Gasteiger partial charge in [0, 0.05) is 0 Å². The largest absolute Gasteiger partial charge is 0.0654 e. The van der Waals surface area contributed by atoms with E-state index in [9.17, 15) is 0 Å². The van der Waals surface area contributed by atoms with E-state index in [1.807, 2.05) is 0 Å². The molecule has 0 aliphatic carbocycles. The van der Waals surface area contributed by atoms with Crippen LogP contribution in [-0.2, 0) is 0 Å². The van der Waals surface area contributed by atoms with Crippen molar-refractivity contribution in [3.8, 4) is 0 Å². The lowest BCUT2D eigenvalue weighted by Gasteiger charge is -2.03. The molecule has 0 unspecified atom stereocenters. The normalized spacial score (nSPS) is 10.4. The van der Waals surface area contributed by atoms with E-state index in [2.05, 4.69) is 13.8 Å². The van der Waals surface area contributed by atoms with Gasteiger partial charge in [0.15, 0.2) is 0 Å². The van der Waals surface area contributed by atoms with Gasteiger partial charge in [-0.3, -0.25) is 0 Å². The highest BCUT2D eigenvalue weighted by Crippen LogP contribution is 2.13. The van der Waals surface area contributed by atoms with Crippen molar-refractivity contribution >= 4 is 11.0 Å². The molecule has 0 spiro atoms. The lowest BCUT2D eigenvalue weighted by Crippen LogP contribution is -1.83. The molecule has 0 heterocycles. The summed E-state index contributed by atoms with van der Waals surface area (Å²) >= 11 is 0. The van der Waals surface area contributed by atoms with Gasteiger partial charge in [0.1, 0.15) is 0 Å². The summed E-state index contributed by atoms with van der Waals surface area (Å²) in [5, 5.41) is 0. The average Bonchev–Trinajstić information content (AvgIpc) is 2.39. The first-order chi connectivity index (χ1) is 8.91. The van der Waals surface area contributed by atoms with Crippen LogP contribution in [-0.4, -0.2) is 11.0 Å². The summed E-state index contributed by atoms with van der Waals surface area (Å²) in [7, 11) is 0. The third-order valence-electron chi connectivity index (χ3n) is 3.96. The Morgan fingerprint density at radius 3 is 0.632 bits per heavy atom. The van der Waals surface area contributed by atoms with E-state index in [0.29, 0.717) is 0 Å². The second-order valence-electron chi connectivity index (χ2n) is 5.95. The maximum atomic E-state index is 2.29. The van der Waals surface area contributed by atoms with E-state index in [-0.39, 0.29) is 11.0 Å². The maximum Gasteiger partial charge on any atom is -0.0149 e. The second kappa shape index (κ2) is 20.5. The van der Waals surface area contributed by atoms with Crippen LogP contribution in [0.25, 0.3) is 0 Å². The van der Waals surface area contributed by atoms with Gasteiger partial charge in [0.05, 0.1) is 0 Å². The molecular formula is C18H42Si. The molecule has 0 atom stereocenters. The van der Waals surface area contributed by atoms with Crippen LogP contribution in [0.4, 0.5) is 0 Å². The summed E-state index contributed by atoms with van der Waals surface area (Å²) < 4.78 is 0. The lowest BCUT2D eigenvalue weighted by molar-refractivity contribution is 0.531. The number of hydrogen-bond donors (Lipinski definition) is 0. The van der Waals surface area contributed by atoms with Crippen molar-refractivity contribution < 1.29 is 0 Å². The molecule has 0 aromatic heterocycles. The van der Waals surface area contributed by atoms with Gasteiger partial charge in [0.2, 0.25) is 0 Å². The first-order valence-corrected chi connectivity index (χ1v) is 8.91. The molecule has 1 heteroatoms. The van der Waals surface area contributed by atoms with Gasteiger partial charge in [-0.05, 0) is 11.0 Å². The Morgan fingerprint density at radius 2 is 0.474 bits per heavy atom. The van der Waals surface area contributed by atoms with E-state index in [1.54, 1.807) is 0 Å². The Balaban J connectivity index is 0. The Kier molecular flexibility index (Phi) is 23.2. The number of unbranched alkanes of at least 4 members (excludes halogenated alkanes) is 15. The van der Waals surface area contributed by atoms with Crippen molar-refractivity contribution in [3.63, 3.8) is 0 Å². The van der Waals surface area contributed by atoms with E-state index in [0.717, 1.165) is 0 Å². The minimum absolute atomic E-state index is 0. The van der Waals surface area contributed by atoms with Crippen molar-refractivity contribution in [2.75, 3.05) is 0 Å². The van der Waals surface area contributed by atoms with Gasteiger partial charge in [-0.2, -0.15) is 0 Å². The van der Waals surface area contributed by atoms with Crippen LogP contribution in [0, 0.1) is 0 Å². The minimum Gasteiger partial charge on any atom is -0.0654 e. The molecule has 0 rings (SSSR count). The standard InChI is InChI=1S/C18H38.H4Si/c1-3-5-7-9-11-13-15-17-18-16-14-12-10-8-6-4-2;/h3-18H2,1-2H3;1H4. The fourth-order valence-electron chi connectivity index (χ4n) is 2.62. The lowest BCUT2D eigenvalue weighted by atomic mass is 10.0. The van der Waals surface area contributed by atoms with E-state index < -0.39 is 0 Å². The van der Waals surface area contributed by atoms with Gasteiger partial charge in [-0.15, -0.1) is 0 Å². The predicted octanol–water partition coefficient (Wildman–Crippen LogP) is 5.82. The van der Waals surface area contributed by atoms with Crippen LogP contribution in [0.1, 0.15) is 117 Å². The molecule has 0 radical (unpaired) electrons. The van der Waals surface area contributed by atoms with Crippen molar-refractivity contribution in [3.05, 3.63) is 0 Å². The van der Waals surface area contributed by atoms with Crippen molar-refractivity contribution in [1.82, 2.24) is 0 Å². The Hall–Kier alpha value is 0.217. The summed E-state index contributed by atoms with van der Waals surface area (Å²) in [4.78, 5) is 0. The molecule has 0 amide bonds. The molecule has 0 N–H and O–H groups in total. The van der Waals surface area contributed by atoms with Gasteiger partial charge in [0.25, 0.3) is 0 Å². The molecule has 19 heavy (non-hydrogen) atoms. The Bertz CT molecular complexity index is 118. The zero-order valence-corrected chi connectivity index (χ0v) is 13.3. The molecule has 0 saturated heterocycles. The van der Waals surface area contributed by atoms with E-state index >= 15 is 0 Å². The topological polar surface area (TPSA) is 0 Å². The smallest absolute Gasteiger partial charge is 0.0149 e. The van der Waals surface area contributed by atoms with Crippen LogP contribution in [0.3, 0.4) is 0 Å². The second-order valence-corrected chi connectivity index (χ2v) is 5.95. The molecule has 118 valence electrons. The number of hydrogen-bond acceptors (Lipinski definition) is 0. The highest BCUT2D eigenvalue weighted by molar-refractivity contribution is 5.75. The zero-order chi connectivity index (χ0) is 13.3. The van der Waals surface area contributed by atoms with E-state index in [4.69, 9.17) is 0 Å². The summed E-state index contributed by atoms with van der Waals surface area (Å²) in [6.07, 6.45) is 23.4. The van der Waals surface area contributed by atoms with Gasteiger partial charge >= 0.3 is 0 Å². The summed E-state index contributed by atoms with van der Waals surface area (Å²) in [6.45, 7) is 4.59. The molecular weight excluding hydrogens is 244 g/mol. The fourth-order valence-corrected chi connectivity index (χ4v) is 2.62.